The number of imidazole rings is 1. The van der Waals surface area contributed by atoms with E-state index in [-0.39, 0.29) is 18.7 Å². The van der Waals surface area contributed by atoms with Crippen LogP contribution in [0.1, 0.15) is 25.6 Å². The molecule has 2 aromatic rings. The Balaban J connectivity index is 1.81. The van der Waals surface area contributed by atoms with Crippen molar-refractivity contribution in [3.63, 3.8) is 0 Å². The number of hydrogen-bond acceptors (Lipinski definition) is 3. The lowest BCUT2D eigenvalue weighted by molar-refractivity contribution is 0.214. The van der Waals surface area contributed by atoms with Crippen LogP contribution in [0.4, 0.5) is 4.79 Å². The van der Waals surface area contributed by atoms with Gasteiger partial charge in [0.05, 0.1) is 23.7 Å². The molecule has 0 saturated carbocycles. The Morgan fingerprint density at radius 3 is 2.91 bits per heavy atom. The van der Waals surface area contributed by atoms with Crippen molar-refractivity contribution in [3.8, 4) is 0 Å². The van der Waals surface area contributed by atoms with Crippen molar-refractivity contribution in [3.05, 3.63) is 30.1 Å². The van der Waals surface area contributed by atoms with Crippen LogP contribution in [0.25, 0.3) is 11.0 Å². The van der Waals surface area contributed by atoms with Gasteiger partial charge < -0.3 is 20.3 Å². The number of para-hydroxylation sites is 2. The molecule has 0 radical (unpaired) electrons. The number of aliphatic hydroxyl groups is 1. The van der Waals surface area contributed by atoms with Crippen LogP contribution >= 0.6 is 0 Å². The normalized spacial score (nSPS) is 12.3. The Hall–Kier alpha value is -2.08. The third kappa shape index (κ3) is 3.98. The molecule has 1 unspecified atom stereocenters. The van der Waals surface area contributed by atoms with E-state index in [9.17, 15) is 4.79 Å². The van der Waals surface area contributed by atoms with Crippen LogP contribution in [0.5, 0.6) is 0 Å². The summed E-state index contributed by atoms with van der Waals surface area (Å²) in [7, 11) is 0. The van der Waals surface area contributed by atoms with Crippen LogP contribution in [0.2, 0.25) is 0 Å². The van der Waals surface area contributed by atoms with Crippen LogP contribution in [0.15, 0.2) is 24.3 Å². The monoisotopic (exact) mass is 304 g/mol. The molecule has 3 N–H and O–H groups in total. The predicted octanol–water partition coefficient (Wildman–Crippen LogP) is 1.80. The maximum Gasteiger partial charge on any atom is 0.315 e. The smallest absolute Gasteiger partial charge is 0.315 e. The molecular weight excluding hydrogens is 280 g/mol. The van der Waals surface area contributed by atoms with E-state index < -0.39 is 0 Å². The zero-order valence-corrected chi connectivity index (χ0v) is 13.2. The van der Waals surface area contributed by atoms with Gasteiger partial charge in [0.1, 0.15) is 5.82 Å². The first-order valence-corrected chi connectivity index (χ1v) is 7.72. The van der Waals surface area contributed by atoms with Gasteiger partial charge in [0.15, 0.2) is 0 Å². The van der Waals surface area contributed by atoms with E-state index in [1.54, 1.807) is 0 Å². The molecule has 2 rings (SSSR count). The second-order valence-electron chi connectivity index (χ2n) is 5.34. The lowest BCUT2D eigenvalue weighted by atomic mass is 10.2. The first-order valence-electron chi connectivity index (χ1n) is 7.72. The minimum Gasteiger partial charge on any atom is -0.394 e. The standard InChI is InChI=1S/C16H24N4O2/c1-3-13(11-21)19-16(22)17-9-6-10-20-12(2)18-14-7-4-5-8-15(14)20/h4-5,7-8,13,21H,3,6,9-11H2,1-2H3,(H2,17,19,22). The van der Waals surface area contributed by atoms with Crippen LogP contribution in [0, 0.1) is 6.92 Å². The van der Waals surface area contributed by atoms with Crippen LogP contribution in [-0.4, -0.2) is 39.9 Å². The maximum absolute atomic E-state index is 11.7. The Morgan fingerprint density at radius 1 is 1.41 bits per heavy atom. The molecule has 0 spiro atoms. The van der Waals surface area contributed by atoms with Gasteiger partial charge in [-0.3, -0.25) is 0 Å². The largest absolute Gasteiger partial charge is 0.394 e. The number of nitrogens with one attached hydrogen (secondary N) is 2. The first kappa shape index (κ1) is 16.3. The number of aryl methyl sites for hydroxylation is 2. The number of carbonyl (C=O) groups excluding carboxylic acids is 1. The molecule has 22 heavy (non-hydrogen) atoms. The van der Waals surface area contributed by atoms with E-state index in [0.29, 0.717) is 13.0 Å². The topological polar surface area (TPSA) is 79.2 Å². The summed E-state index contributed by atoms with van der Waals surface area (Å²) in [5, 5.41) is 14.6. The molecule has 120 valence electrons. The first-order chi connectivity index (χ1) is 10.7. The molecule has 0 aliphatic heterocycles. The summed E-state index contributed by atoms with van der Waals surface area (Å²) in [5.41, 5.74) is 2.12. The quantitative estimate of drug-likeness (QED) is 0.683. The Labute approximate surface area is 130 Å². The molecule has 1 aromatic carbocycles. The van der Waals surface area contributed by atoms with E-state index in [0.717, 1.165) is 29.8 Å². The summed E-state index contributed by atoms with van der Waals surface area (Å²) >= 11 is 0. The number of urea groups is 1. The molecule has 0 fully saturated rings. The van der Waals surface area contributed by atoms with Gasteiger partial charge in [-0.25, -0.2) is 9.78 Å². The molecule has 1 heterocycles. The van der Waals surface area contributed by atoms with Crippen molar-refractivity contribution in [2.24, 2.45) is 0 Å². The molecule has 1 aromatic heterocycles. The fourth-order valence-electron chi connectivity index (χ4n) is 2.43. The molecule has 0 aliphatic rings. The van der Waals surface area contributed by atoms with Crippen molar-refractivity contribution >= 4 is 17.1 Å². The van der Waals surface area contributed by atoms with Crippen LogP contribution < -0.4 is 10.6 Å². The summed E-state index contributed by atoms with van der Waals surface area (Å²) in [5.74, 6) is 0.983. The molecule has 0 bridgehead atoms. The second-order valence-corrected chi connectivity index (χ2v) is 5.34. The number of benzene rings is 1. The van der Waals surface area contributed by atoms with Gasteiger partial charge >= 0.3 is 6.03 Å². The van der Waals surface area contributed by atoms with E-state index >= 15 is 0 Å². The minimum absolute atomic E-state index is 0.0376. The number of fused-ring (bicyclic) bond motifs is 1. The van der Waals surface area contributed by atoms with Gasteiger partial charge in [-0.05, 0) is 31.9 Å². The number of carbonyl (C=O) groups is 1. The van der Waals surface area contributed by atoms with E-state index in [4.69, 9.17) is 5.11 Å². The summed E-state index contributed by atoms with van der Waals surface area (Å²) < 4.78 is 2.16. The fourth-order valence-corrected chi connectivity index (χ4v) is 2.43. The van der Waals surface area contributed by atoms with Gasteiger partial charge in [-0.2, -0.15) is 0 Å². The lowest BCUT2D eigenvalue weighted by Gasteiger charge is -2.15. The molecule has 6 nitrogen and oxygen atoms in total. The summed E-state index contributed by atoms with van der Waals surface area (Å²) in [4.78, 5) is 16.2. The van der Waals surface area contributed by atoms with Crippen LogP contribution in [0.3, 0.4) is 0 Å². The number of hydrogen-bond donors (Lipinski definition) is 3. The zero-order chi connectivity index (χ0) is 15.9. The highest BCUT2D eigenvalue weighted by Gasteiger charge is 2.09. The number of aromatic nitrogens is 2. The zero-order valence-electron chi connectivity index (χ0n) is 13.2. The van der Waals surface area contributed by atoms with E-state index in [1.165, 1.54) is 0 Å². The van der Waals surface area contributed by atoms with Gasteiger partial charge in [-0.15, -0.1) is 0 Å². The highest BCUT2D eigenvalue weighted by molar-refractivity contribution is 5.76. The molecule has 6 heteroatoms. The number of rotatable bonds is 7. The highest BCUT2D eigenvalue weighted by atomic mass is 16.3. The average molecular weight is 304 g/mol. The van der Waals surface area contributed by atoms with Crippen molar-refractivity contribution in [1.82, 2.24) is 20.2 Å². The van der Waals surface area contributed by atoms with E-state index in [2.05, 4.69) is 26.3 Å². The van der Waals surface area contributed by atoms with E-state index in [1.807, 2.05) is 32.0 Å². The highest BCUT2D eigenvalue weighted by Crippen LogP contribution is 2.15. The fraction of sp³-hybridized carbons (Fsp3) is 0.500. The van der Waals surface area contributed by atoms with Gasteiger partial charge in [0.25, 0.3) is 0 Å². The molecular formula is C16H24N4O2. The second kappa shape index (κ2) is 7.79. The van der Waals surface area contributed by atoms with Crippen molar-refractivity contribution in [2.75, 3.05) is 13.2 Å². The van der Waals surface area contributed by atoms with Gasteiger partial charge in [0, 0.05) is 13.1 Å². The SMILES string of the molecule is CCC(CO)NC(=O)NCCCn1c(C)nc2ccccc21. The summed E-state index contributed by atoms with van der Waals surface area (Å²) in [6, 6.07) is 7.64. The lowest BCUT2D eigenvalue weighted by Crippen LogP contribution is -2.43. The van der Waals surface area contributed by atoms with Gasteiger partial charge in [0.2, 0.25) is 0 Å². The Bertz CT molecular complexity index is 620. The third-order valence-electron chi connectivity index (χ3n) is 3.74. The Kier molecular flexibility index (Phi) is 5.77. The number of amides is 2. The third-order valence-corrected chi connectivity index (χ3v) is 3.74. The number of nitrogens with zero attached hydrogens (tertiary/aromatic N) is 2. The molecule has 0 saturated heterocycles. The Morgan fingerprint density at radius 2 is 2.18 bits per heavy atom. The molecule has 0 aliphatic carbocycles. The van der Waals surface area contributed by atoms with Crippen molar-refractivity contribution in [1.29, 1.82) is 0 Å². The van der Waals surface area contributed by atoms with Crippen LogP contribution in [-0.2, 0) is 6.54 Å². The average Bonchev–Trinajstić information content (AvgIpc) is 2.84. The van der Waals surface area contributed by atoms with Crippen molar-refractivity contribution in [2.45, 2.75) is 39.3 Å². The minimum atomic E-state index is -0.229. The van der Waals surface area contributed by atoms with Crippen molar-refractivity contribution < 1.29 is 9.90 Å². The summed E-state index contributed by atoms with van der Waals surface area (Å²) in [6.07, 6.45) is 1.54. The molecule has 2 amide bonds. The number of aliphatic hydroxyl groups excluding tert-OH is 1. The molecule has 1 atom stereocenters. The maximum atomic E-state index is 11.7. The summed E-state index contributed by atoms with van der Waals surface area (Å²) in [6.45, 7) is 5.27. The predicted molar refractivity (Wildman–Crippen MR) is 86.8 cm³/mol. The van der Waals surface area contributed by atoms with Gasteiger partial charge in [-0.1, -0.05) is 19.1 Å².